The van der Waals surface area contributed by atoms with Crippen LogP contribution in [0.5, 0.6) is 0 Å². The van der Waals surface area contributed by atoms with Crippen LogP contribution in [-0.2, 0) is 14.6 Å². The molecule has 1 aliphatic rings. The Morgan fingerprint density at radius 1 is 1.50 bits per heavy atom. The lowest BCUT2D eigenvalue weighted by atomic mass is 10.0. The van der Waals surface area contributed by atoms with Crippen LogP contribution in [0.1, 0.15) is 18.4 Å². The second-order valence-electron chi connectivity index (χ2n) is 4.36. The van der Waals surface area contributed by atoms with Crippen LogP contribution in [0.3, 0.4) is 0 Å². The summed E-state index contributed by atoms with van der Waals surface area (Å²) in [6.07, 6.45) is 0. The first-order valence-corrected chi connectivity index (χ1v) is 8.28. The second-order valence-corrected chi connectivity index (χ2v) is 7.78. The zero-order valence-electron chi connectivity index (χ0n) is 9.87. The molecule has 6 heteroatoms. The number of rotatable bonds is 4. The third-order valence-electron chi connectivity index (χ3n) is 3.12. The molecule has 2 atom stereocenters. The van der Waals surface area contributed by atoms with Crippen LogP contribution in [0.15, 0.2) is 29.2 Å². The zero-order chi connectivity index (χ0) is 13.3. The number of thioether (sulfide) groups is 1. The van der Waals surface area contributed by atoms with Crippen LogP contribution in [0.2, 0.25) is 0 Å². The predicted molar refractivity (Wildman–Crippen MR) is 70.8 cm³/mol. The van der Waals surface area contributed by atoms with Crippen molar-refractivity contribution in [2.45, 2.75) is 23.0 Å². The number of sulfone groups is 1. The van der Waals surface area contributed by atoms with E-state index < -0.39 is 21.1 Å². The van der Waals surface area contributed by atoms with Crippen LogP contribution in [0.4, 0.5) is 0 Å². The molecular formula is C12H14O4S2. The first-order valence-electron chi connectivity index (χ1n) is 5.58. The molecule has 1 heterocycles. The number of hydrogen-bond acceptors (Lipinski definition) is 4. The molecule has 0 amide bonds. The number of fused-ring (bicyclic) bond motifs is 1. The summed E-state index contributed by atoms with van der Waals surface area (Å²) in [4.78, 5) is 11.9. The van der Waals surface area contributed by atoms with Crippen LogP contribution in [0.25, 0.3) is 0 Å². The Labute approximate surface area is 110 Å². The summed E-state index contributed by atoms with van der Waals surface area (Å²) in [6, 6.07) is 7.68. The summed E-state index contributed by atoms with van der Waals surface area (Å²) in [7, 11) is -3.60. The van der Waals surface area contributed by atoms with Gasteiger partial charge < -0.3 is 5.11 Å². The van der Waals surface area contributed by atoms with E-state index >= 15 is 0 Å². The van der Waals surface area contributed by atoms with E-state index in [0.29, 0.717) is 5.75 Å². The average molecular weight is 286 g/mol. The fourth-order valence-electron chi connectivity index (χ4n) is 1.95. The molecular weight excluding hydrogens is 272 g/mol. The zero-order valence-corrected chi connectivity index (χ0v) is 11.5. The highest BCUT2D eigenvalue weighted by Gasteiger charge is 2.33. The Kier molecular flexibility index (Phi) is 3.68. The maximum atomic E-state index is 11.9. The Morgan fingerprint density at radius 3 is 2.83 bits per heavy atom. The minimum atomic E-state index is -3.60. The highest BCUT2D eigenvalue weighted by molar-refractivity contribution is 7.99. The molecule has 0 saturated carbocycles. The Bertz CT molecular complexity index is 565. The lowest BCUT2D eigenvalue weighted by molar-refractivity contribution is -0.136. The average Bonchev–Trinajstić information content (AvgIpc) is 2.71. The van der Waals surface area contributed by atoms with Gasteiger partial charge in [-0.15, -0.1) is 11.8 Å². The number of hydrogen-bond donors (Lipinski definition) is 1. The molecule has 0 radical (unpaired) electrons. The first-order chi connectivity index (χ1) is 8.42. The molecule has 2 unspecified atom stereocenters. The third kappa shape index (κ3) is 2.54. The van der Waals surface area contributed by atoms with E-state index in [1.807, 2.05) is 24.3 Å². The van der Waals surface area contributed by atoms with Crippen molar-refractivity contribution in [2.24, 2.45) is 0 Å². The van der Waals surface area contributed by atoms with E-state index in [0.717, 1.165) is 10.5 Å². The van der Waals surface area contributed by atoms with E-state index in [4.69, 9.17) is 5.11 Å². The van der Waals surface area contributed by atoms with Gasteiger partial charge in [0.2, 0.25) is 0 Å². The Morgan fingerprint density at radius 2 is 2.17 bits per heavy atom. The van der Waals surface area contributed by atoms with Crippen LogP contribution in [0, 0.1) is 0 Å². The van der Waals surface area contributed by atoms with E-state index in [9.17, 15) is 13.2 Å². The molecule has 4 nitrogen and oxygen atoms in total. The lowest BCUT2D eigenvalue weighted by Gasteiger charge is -2.13. The maximum Gasteiger partial charge on any atom is 0.321 e. The van der Waals surface area contributed by atoms with E-state index in [1.54, 1.807) is 11.8 Å². The van der Waals surface area contributed by atoms with Gasteiger partial charge in [0.05, 0.1) is 5.75 Å². The molecule has 0 aliphatic carbocycles. The molecule has 1 aromatic rings. The van der Waals surface area contributed by atoms with E-state index in [2.05, 4.69) is 0 Å². The third-order valence-corrected chi connectivity index (χ3v) is 6.52. The van der Waals surface area contributed by atoms with Gasteiger partial charge in [-0.25, -0.2) is 8.42 Å². The maximum absolute atomic E-state index is 11.9. The van der Waals surface area contributed by atoms with E-state index in [1.165, 1.54) is 6.92 Å². The molecule has 1 aromatic carbocycles. The van der Waals surface area contributed by atoms with E-state index in [-0.39, 0.29) is 11.7 Å². The minimum Gasteiger partial charge on any atom is -0.480 e. The second kappa shape index (κ2) is 4.93. The van der Waals surface area contributed by atoms with Gasteiger partial charge in [0.25, 0.3) is 0 Å². The fraction of sp³-hybridized carbons (Fsp3) is 0.417. The molecule has 98 valence electrons. The summed E-state index contributed by atoms with van der Waals surface area (Å²) < 4.78 is 23.9. The first kappa shape index (κ1) is 13.4. The van der Waals surface area contributed by atoms with Gasteiger partial charge in [0.15, 0.2) is 15.1 Å². The monoisotopic (exact) mass is 286 g/mol. The predicted octanol–water partition coefficient (Wildman–Crippen LogP) is 1.76. The molecule has 0 aromatic heterocycles. The summed E-state index contributed by atoms with van der Waals surface area (Å²) in [6.45, 7) is 1.23. The molecule has 1 N–H and O–H groups in total. The molecule has 0 bridgehead atoms. The van der Waals surface area contributed by atoms with Crippen molar-refractivity contribution in [3.05, 3.63) is 29.8 Å². The smallest absolute Gasteiger partial charge is 0.321 e. The molecule has 1 aliphatic heterocycles. The molecule has 2 rings (SSSR count). The topological polar surface area (TPSA) is 71.4 Å². The van der Waals surface area contributed by atoms with Crippen molar-refractivity contribution in [3.8, 4) is 0 Å². The van der Waals surface area contributed by atoms with Crippen molar-refractivity contribution in [2.75, 3.05) is 11.5 Å². The van der Waals surface area contributed by atoms with Gasteiger partial charge in [0, 0.05) is 16.6 Å². The molecule has 0 saturated heterocycles. The van der Waals surface area contributed by atoms with Crippen LogP contribution < -0.4 is 0 Å². The van der Waals surface area contributed by atoms with Gasteiger partial charge in [-0.2, -0.15) is 0 Å². The number of carbonyl (C=O) groups is 1. The molecule has 0 fully saturated rings. The molecule has 18 heavy (non-hydrogen) atoms. The van der Waals surface area contributed by atoms with Gasteiger partial charge in [-0.3, -0.25) is 4.79 Å². The van der Waals surface area contributed by atoms with Crippen LogP contribution in [-0.4, -0.2) is 36.2 Å². The van der Waals surface area contributed by atoms with Gasteiger partial charge >= 0.3 is 5.97 Å². The highest BCUT2D eigenvalue weighted by atomic mass is 32.2. The van der Waals surface area contributed by atoms with Crippen molar-refractivity contribution in [1.82, 2.24) is 0 Å². The number of carboxylic acids is 1. The van der Waals surface area contributed by atoms with Crippen molar-refractivity contribution in [1.29, 1.82) is 0 Å². The standard InChI is InChI=1S/C12H14O4S2/c1-8(12(13)14)18(15,16)7-9-6-17-11-5-3-2-4-10(9)11/h2-5,8-9H,6-7H2,1H3,(H,13,14). The summed E-state index contributed by atoms with van der Waals surface area (Å²) in [5.74, 6) is -0.776. The van der Waals surface area contributed by atoms with Gasteiger partial charge in [-0.05, 0) is 18.6 Å². The van der Waals surface area contributed by atoms with Gasteiger partial charge in [-0.1, -0.05) is 18.2 Å². The number of benzene rings is 1. The van der Waals surface area contributed by atoms with Gasteiger partial charge in [0.1, 0.15) is 0 Å². The number of aliphatic carboxylic acids is 1. The Balaban J connectivity index is 2.20. The number of carboxylic acid groups (broad SMARTS) is 1. The summed E-state index contributed by atoms with van der Waals surface area (Å²) >= 11 is 1.62. The van der Waals surface area contributed by atoms with Crippen molar-refractivity contribution >= 4 is 27.6 Å². The summed E-state index contributed by atoms with van der Waals surface area (Å²) in [5.41, 5.74) is 1.02. The summed E-state index contributed by atoms with van der Waals surface area (Å²) in [5, 5.41) is 7.46. The largest absolute Gasteiger partial charge is 0.480 e. The SMILES string of the molecule is CC(C(=O)O)S(=O)(=O)CC1CSc2ccccc21. The lowest BCUT2D eigenvalue weighted by Crippen LogP contribution is -2.31. The minimum absolute atomic E-state index is 0.0928. The molecule has 0 spiro atoms. The van der Waals surface area contributed by atoms with Crippen LogP contribution >= 0.6 is 11.8 Å². The Hall–Kier alpha value is -1.01. The normalized spacial score (nSPS) is 20.4. The van der Waals surface area contributed by atoms with Crippen molar-refractivity contribution < 1.29 is 18.3 Å². The van der Waals surface area contributed by atoms with Crippen molar-refractivity contribution in [3.63, 3.8) is 0 Å². The quantitative estimate of drug-likeness (QED) is 0.913. The highest BCUT2D eigenvalue weighted by Crippen LogP contribution is 2.40. The fourth-order valence-corrected chi connectivity index (χ4v) is 4.80.